The Morgan fingerprint density at radius 1 is 1.19 bits per heavy atom. The molecule has 2 amide bonds. The van der Waals surface area contributed by atoms with Gasteiger partial charge in [-0.2, -0.15) is 16.9 Å². The molecule has 2 aromatic carbocycles. The largest absolute Gasteiger partial charge is 0.465 e. The molecule has 4 rings (SSSR count). The van der Waals surface area contributed by atoms with E-state index < -0.39 is 11.8 Å². The second-order valence-electron chi connectivity index (χ2n) is 7.28. The van der Waals surface area contributed by atoms with E-state index >= 15 is 0 Å². The van der Waals surface area contributed by atoms with Crippen molar-refractivity contribution < 1.29 is 18.7 Å². The number of rotatable bonds is 4. The molecule has 1 aliphatic rings. The van der Waals surface area contributed by atoms with Gasteiger partial charge in [0.05, 0.1) is 30.9 Å². The van der Waals surface area contributed by atoms with Gasteiger partial charge in [-0.05, 0) is 30.3 Å². The lowest BCUT2D eigenvalue weighted by Crippen LogP contribution is -2.46. The molecule has 31 heavy (non-hydrogen) atoms. The van der Waals surface area contributed by atoms with Crippen LogP contribution in [-0.4, -0.2) is 58.4 Å². The number of carbonyl (C=O) groups is 2. The number of urea groups is 1. The Balaban J connectivity index is 1.70. The molecule has 9 heteroatoms. The Labute approximate surface area is 183 Å². The molecule has 7 nitrogen and oxygen atoms in total. The van der Waals surface area contributed by atoms with Crippen LogP contribution in [0.15, 0.2) is 42.6 Å². The highest BCUT2D eigenvalue weighted by molar-refractivity contribution is 7.99. The normalized spacial score (nSPS) is 14.0. The molecule has 1 fully saturated rings. The summed E-state index contributed by atoms with van der Waals surface area (Å²) in [6.45, 7) is 1.34. The maximum absolute atomic E-state index is 14.8. The molecule has 1 saturated heterocycles. The standard InChI is InChI=1S/C22H23FN4O3S/c1-25-20-12-18(6-5-16(20)13-24-25)27(22(29)26-7-9-31-10-8-26)14-17-4-3-15(11-19(17)23)21(28)30-2/h3-6,11-13H,7-10,14H2,1-2H3. The average molecular weight is 443 g/mol. The van der Waals surface area contributed by atoms with Crippen molar-refractivity contribution in [3.8, 4) is 0 Å². The van der Waals surface area contributed by atoms with Gasteiger partial charge in [-0.15, -0.1) is 0 Å². The van der Waals surface area contributed by atoms with Gasteiger partial charge >= 0.3 is 12.0 Å². The molecule has 0 aliphatic carbocycles. The van der Waals surface area contributed by atoms with Crippen molar-refractivity contribution in [2.45, 2.75) is 6.54 Å². The number of nitrogens with zero attached hydrogens (tertiary/aromatic N) is 4. The van der Waals surface area contributed by atoms with Crippen LogP contribution >= 0.6 is 11.8 Å². The van der Waals surface area contributed by atoms with Gasteiger partial charge in [0.2, 0.25) is 0 Å². The van der Waals surface area contributed by atoms with Gasteiger partial charge in [0.1, 0.15) is 5.82 Å². The van der Waals surface area contributed by atoms with Crippen molar-refractivity contribution >= 4 is 40.4 Å². The molecule has 0 saturated carbocycles. The number of fused-ring (bicyclic) bond motifs is 1. The van der Waals surface area contributed by atoms with Crippen LogP contribution in [0.2, 0.25) is 0 Å². The molecule has 2 heterocycles. The Hall–Kier alpha value is -3.07. The quantitative estimate of drug-likeness (QED) is 0.577. The van der Waals surface area contributed by atoms with E-state index in [0.29, 0.717) is 24.3 Å². The van der Waals surface area contributed by atoms with Crippen molar-refractivity contribution in [1.29, 1.82) is 0 Å². The minimum Gasteiger partial charge on any atom is -0.465 e. The number of anilines is 1. The lowest BCUT2D eigenvalue weighted by Gasteiger charge is -2.33. The molecule has 0 radical (unpaired) electrons. The minimum absolute atomic E-state index is 0.0408. The zero-order valence-electron chi connectivity index (χ0n) is 17.4. The summed E-state index contributed by atoms with van der Waals surface area (Å²) >= 11 is 1.81. The van der Waals surface area contributed by atoms with E-state index in [1.165, 1.54) is 19.2 Å². The van der Waals surface area contributed by atoms with Gasteiger partial charge in [0.15, 0.2) is 0 Å². The first-order valence-electron chi connectivity index (χ1n) is 9.90. The van der Waals surface area contributed by atoms with Crippen LogP contribution in [0, 0.1) is 5.82 Å². The zero-order valence-corrected chi connectivity index (χ0v) is 18.2. The molecule has 0 spiro atoms. The number of carbonyl (C=O) groups excluding carboxylic acids is 2. The number of halogens is 1. The number of hydrogen-bond acceptors (Lipinski definition) is 5. The molecule has 162 valence electrons. The number of aromatic nitrogens is 2. The predicted molar refractivity (Wildman–Crippen MR) is 119 cm³/mol. The fourth-order valence-electron chi connectivity index (χ4n) is 3.59. The number of amides is 2. The average Bonchev–Trinajstić information content (AvgIpc) is 3.18. The molecular weight excluding hydrogens is 419 g/mol. The van der Waals surface area contributed by atoms with Crippen molar-refractivity contribution in [3.05, 3.63) is 59.5 Å². The summed E-state index contributed by atoms with van der Waals surface area (Å²) in [6, 6.07) is 9.65. The second kappa shape index (κ2) is 8.97. The van der Waals surface area contributed by atoms with Gasteiger partial charge in [0, 0.05) is 48.3 Å². The molecule has 1 aromatic heterocycles. The van der Waals surface area contributed by atoms with Crippen LogP contribution in [0.1, 0.15) is 15.9 Å². The number of ether oxygens (including phenoxy) is 1. The zero-order chi connectivity index (χ0) is 22.0. The Morgan fingerprint density at radius 3 is 2.68 bits per heavy atom. The summed E-state index contributed by atoms with van der Waals surface area (Å²) < 4.78 is 21.2. The minimum atomic E-state index is -0.606. The maximum atomic E-state index is 14.8. The maximum Gasteiger partial charge on any atom is 0.337 e. The molecule has 3 aromatic rings. The molecule has 0 N–H and O–H groups in total. The fraction of sp³-hybridized carbons (Fsp3) is 0.318. The number of benzene rings is 2. The summed E-state index contributed by atoms with van der Waals surface area (Å²) in [5.41, 5.74) is 1.99. The second-order valence-corrected chi connectivity index (χ2v) is 8.50. The molecular formula is C22H23FN4O3S. The van der Waals surface area contributed by atoms with E-state index in [1.54, 1.807) is 20.7 Å². The number of methoxy groups -OCH3 is 1. The fourth-order valence-corrected chi connectivity index (χ4v) is 4.49. The third-order valence-electron chi connectivity index (χ3n) is 5.36. The van der Waals surface area contributed by atoms with Crippen molar-refractivity contribution in [1.82, 2.24) is 14.7 Å². The van der Waals surface area contributed by atoms with Crippen LogP contribution < -0.4 is 4.90 Å². The summed E-state index contributed by atoms with van der Waals surface area (Å²) in [5, 5.41) is 5.22. The first-order valence-corrected chi connectivity index (χ1v) is 11.1. The van der Waals surface area contributed by atoms with Crippen molar-refractivity contribution in [2.24, 2.45) is 7.05 Å². The van der Waals surface area contributed by atoms with E-state index in [4.69, 9.17) is 0 Å². The molecule has 0 unspecified atom stereocenters. The monoisotopic (exact) mass is 442 g/mol. The van der Waals surface area contributed by atoms with Crippen molar-refractivity contribution in [2.75, 3.05) is 36.6 Å². The highest BCUT2D eigenvalue weighted by Gasteiger charge is 2.26. The highest BCUT2D eigenvalue weighted by Crippen LogP contribution is 2.26. The molecule has 1 aliphatic heterocycles. The number of aryl methyl sites for hydroxylation is 1. The van der Waals surface area contributed by atoms with Gasteiger partial charge < -0.3 is 9.64 Å². The summed E-state index contributed by atoms with van der Waals surface area (Å²) in [6.07, 6.45) is 1.76. The van der Waals surface area contributed by atoms with E-state index in [1.807, 2.05) is 37.0 Å². The van der Waals surface area contributed by atoms with E-state index in [9.17, 15) is 14.0 Å². The lowest BCUT2D eigenvalue weighted by atomic mass is 10.1. The van der Waals surface area contributed by atoms with Gasteiger partial charge in [-0.1, -0.05) is 6.07 Å². The highest BCUT2D eigenvalue weighted by atomic mass is 32.2. The van der Waals surface area contributed by atoms with E-state index in [0.717, 1.165) is 28.5 Å². The van der Waals surface area contributed by atoms with E-state index in [-0.39, 0.29) is 18.1 Å². The third kappa shape index (κ3) is 4.36. The van der Waals surface area contributed by atoms with Crippen LogP contribution in [0.4, 0.5) is 14.9 Å². The summed E-state index contributed by atoms with van der Waals surface area (Å²) in [5.74, 6) is 0.591. The summed E-state index contributed by atoms with van der Waals surface area (Å²) in [4.78, 5) is 28.5. The Morgan fingerprint density at radius 2 is 1.97 bits per heavy atom. The number of esters is 1. The number of hydrogen-bond donors (Lipinski definition) is 0. The van der Waals surface area contributed by atoms with Crippen LogP contribution in [0.3, 0.4) is 0 Å². The van der Waals surface area contributed by atoms with E-state index in [2.05, 4.69) is 9.84 Å². The Bertz CT molecular complexity index is 1130. The Kier molecular flexibility index (Phi) is 6.13. The SMILES string of the molecule is COC(=O)c1ccc(CN(C(=O)N2CCSCC2)c2ccc3cnn(C)c3c2)c(F)c1. The van der Waals surface area contributed by atoms with Gasteiger partial charge in [0.25, 0.3) is 0 Å². The van der Waals surface area contributed by atoms with Crippen LogP contribution in [0.5, 0.6) is 0 Å². The molecule has 0 atom stereocenters. The lowest BCUT2D eigenvalue weighted by molar-refractivity contribution is 0.0600. The number of thioether (sulfide) groups is 1. The smallest absolute Gasteiger partial charge is 0.337 e. The topological polar surface area (TPSA) is 67.7 Å². The third-order valence-corrected chi connectivity index (χ3v) is 6.30. The van der Waals surface area contributed by atoms with Crippen LogP contribution in [0.25, 0.3) is 10.9 Å². The predicted octanol–water partition coefficient (Wildman–Crippen LogP) is 3.67. The van der Waals surface area contributed by atoms with Gasteiger partial charge in [-0.3, -0.25) is 9.58 Å². The van der Waals surface area contributed by atoms with Crippen LogP contribution in [-0.2, 0) is 18.3 Å². The first kappa shape index (κ1) is 21.2. The van der Waals surface area contributed by atoms with Gasteiger partial charge in [-0.25, -0.2) is 14.0 Å². The first-order chi connectivity index (χ1) is 15.0. The molecule has 0 bridgehead atoms. The summed E-state index contributed by atoms with van der Waals surface area (Å²) in [7, 11) is 3.09. The van der Waals surface area contributed by atoms with Crippen molar-refractivity contribution in [3.63, 3.8) is 0 Å².